The van der Waals surface area contributed by atoms with E-state index in [1.807, 2.05) is 44.2 Å². The molecule has 0 saturated carbocycles. The number of hydrogen-bond donors (Lipinski definition) is 1. The summed E-state index contributed by atoms with van der Waals surface area (Å²) < 4.78 is 0. The van der Waals surface area contributed by atoms with E-state index in [1.54, 1.807) is 0 Å². The van der Waals surface area contributed by atoms with E-state index >= 15 is 0 Å². The van der Waals surface area contributed by atoms with Crippen LogP contribution in [0.4, 0.5) is 0 Å². The number of allylic oxidation sites excluding steroid dienone is 2. The van der Waals surface area contributed by atoms with Crippen molar-refractivity contribution < 1.29 is 0 Å². The van der Waals surface area contributed by atoms with Crippen molar-refractivity contribution >= 4 is 5.57 Å². The van der Waals surface area contributed by atoms with Crippen LogP contribution in [0, 0.1) is 0 Å². The minimum Gasteiger partial charge on any atom is -0.322 e. The van der Waals surface area contributed by atoms with Gasteiger partial charge in [-0.3, -0.25) is 0 Å². The fourth-order valence-electron chi connectivity index (χ4n) is 1.29. The maximum Gasteiger partial charge on any atom is 0.0290 e. The van der Waals surface area contributed by atoms with Crippen molar-refractivity contribution in [3.63, 3.8) is 0 Å². The Labute approximate surface area is 85.9 Å². The molecule has 0 heterocycles. The molecule has 0 aliphatic heterocycles. The molecule has 0 radical (unpaired) electrons. The molecule has 1 heteroatoms. The molecule has 1 aromatic carbocycles. The van der Waals surface area contributed by atoms with Gasteiger partial charge in [-0.25, -0.2) is 0 Å². The normalized spacial score (nSPS) is 12.6. The van der Waals surface area contributed by atoms with Crippen LogP contribution in [0.3, 0.4) is 0 Å². The predicted octanol–water partition coefficient (Wildman–Crippen LogP) is 2.99. The summed E-state index contributed by atoms with van der Waals surface area (Å²) in [6, 6.07) is 10.1. The molecule has 14 heavy (non-hydrogen) atoms. The Morgan fingerprint density at radius 2 is 1.86 bits per heavy atom. The summed E-state index contributed by atoms with van der Waals surface area (Å²) in [6.45, 7) is 7.74. The Balaban J connectivity index is 3.06. The fraction of sp³-hybridized carbons (Fsp3) is 0.231. The van der Waals surface area contributed by atoms with Gasteiger partial charge in [0.2, 0.25) is 0 Å². The first-order valence-corrected chi connectivity index (χ1v) is 4.72. The first-order chi connectivity index (χ1) is 6.53. The van der Waals surface area contributed by atoms with Gasteiger partial charge >= 0.3 is 0 Å². The van der Waals surface area contributed by atoms with Gasteiger partial charge in [-0.1, -0.05) is 49.1 Å². The Hall–Kier alpha value is -1.34. The highest BCUT2D eigenvalue weighted by Gasteiger charge is 2.07. The lowest BCUT2D eigenvalue weighted by Crippen LogP contribution is -2.29. The van der Waals surface area contributed by atoms with E-state index in [9.17, 15) is 0 Å². The lowest BCUT2D eigenvalue weighted by molar-refractivity contribution is 0.656. The van der Waals surface area contributed by atoms with Gasteiger partial charge in [-0.2, -0.15) is 0 Å². The Bertz CT molecular complexity index is 328. The van der Waals surface area contributed by atoms with Crippen molar-refractivity contribution in [2.45, 2.75) is 19.4 Å². The van der Waals surface area contributed by atoms with Crippen molar-refractivity contribution in [3.8, 4) is 0 Å². The van der Waals surface area contributed by atoms with Gasteiger partial charge in [0.05, 0.1) is 0 Å². The number of nitrogens with two attached hydrogens (primary N) is 1. The predicted molar refractivity (Wildman–Crippen MR) is 62.9 cm³/mol. The third-order valence-corrected chi connectivity index (χ3v) is 1.85. The van der Waals surface area contributed by atoms with E-state index in [-0.39, 0.29) is 5.54 Å². The zero-order valence-electron chi connectivity index (χ0n) is 8.83. The van der Waals surface area contributed by atoms with Gasteiger partial charge in [0.15, 0.2) is 0 Å². The summed E-state index contributed by atoms with van der Waals surface area (Å²) in [6.07, 6.45) is 3.86. The van der Waals surface area contributed by atoms with Crippen LogP contribution in [-0.2, 0) is 0 Å². The van der Waals surface area contributed by atoms with E-state index in [4.69, 9.17) is 5.73 Å². The Morgan fingerprint density at radius 1 is 1.29 bits per heavy atom. The van der Waals surface area contributed by atoms with E-state index in [0.29, 0.717) is 0 Å². The van der Waals surface area contributed by atoms with Crippen molar-refractivity contribution in [3.05, 3.63) is 54.6 Å². The van der Waals surface area contributed by atoms with Gasteiger partial charge in [0, 0.05) is 5.54 Å². The van der Waals surface area contributed by atoms with Crippen molar-refractivity contribution in [2.75, 3.05) is 0 Å². The molecule has 0 unspecified atom stereocenters. The zero-order chi connectivity index (χ0) is 10.6. The monoisotopic (exact) mass is 187 g/mol. The zero-order valence-corrected chi connectivity index (χ0v) is 8.83. The van der Waals surface area contributed by atoms with E-state index < -0.39 is 0 Å². The molecule has 0 aromatic heterocycles. The second-order valence-corrected chi connectivity index (χ2v) is 3.99. The minimum atomic E-state index is -0.306. The number of benzene rings is 1. The van der Waals surface area contributed by atoms with E-state index in [1.165, 1.54) is 0 Å². The summed E-state index contributed by atoms with van der Waals surface area (Å²) in [7, 11) is 0. The summed E-state index contributed by atoms with van der Waals surface area (Å²) in [4.78, 5) is 0. The molecule has 0 bridgehead atoms. The van der Waals surface area contributed by atoms with Crippen LogP contribution in [0.25, 0.3) is 5.57 Å². The summed E-state index contributed by atoms with van der Waals surface area (Å²) in [5.74, 6) is 0. The van der Waals surface area contributed by atoms with E-state index in [0.717, 1.165) is 11.1 Å². The molecule has 0 amide bonds. The molecule has 74 valence electrons. The molecule has 2 N–H and O–H groups in total. The third-order valence-electron chi connectivity index (χ3n) is 1.85. The van der Waals surface area contributed by atoms with Crippen LogP contribution in [0.15, 0.2) is 49.1 Å². The van der Waals surface area contributed by atoms with Crippen LogP contribution < -0.4 is 5.73 Å². The van der Waals surface area contributed by atoms with Crippen LogP contribution in [0.1, 0.15) is 19.4 Å². The summed E-state index contributed by atoms with van der Waals surface area (Å²) >= 11 is 0. The second-order valence-electron chi connectivity index (χ2n) is 3.99. The molecule has 0 atom stereocenters. The minimum absolute atomic E-state index is 0.306. The van der Waals surface area contributed by atoms with Crippen LogP contribution >= 0.6 is 0 Å². The maximum atomic E-state index is 5.93. The third kappa shape index (κ3) is 3.19. The topological polar surface area (TPSA) is 26.0 Å². The Morgan fingerprint density at radius 3 is 2.29 bits per heavy atom. The van der Waals surface area contributed by atoms with Crippen molar-refractivity contribution in [1.29, 1.82) is 0 Å². The smallest absolute Gasteiger partial charge is 0.0290 e. The van der Waals surface area contributed by atoms with E-state index in [2.05, 4.69) is 18.7 Å². The van der Waals surface area contributed by atoms with Gasteiger partial charge in [0.1, 0.15) is 0 Å². The standard InChI is InChI=1S/C13H17N/c1-4-11(10-13(2,3)14)12-8-6-5-7-9-12/h4-10H,1,14H2,2-3H3/b11-10+. The average Bonchev–Trinajstić information content (AvgIpc) is 2.14. The maximum absolute atomic E-state index is 5.93. The van der Waals surface area contributed by atoms with Crippen molar-refractivity contribution in [1.82, 2.24) is 0 Å². The Kier molecular flexibility index (Phi) is 3.26. The molecular weight excluding hydrogens is 170 g/mol. The summed E-state index contributed by atoms with van der Waals surface area (Å²) in [5, 5.41) is 0. The van der Waals surface area contributed by atoms with Crippen LogP contribution in [0.5, 0.6) is 0 Å². The second kappa shape index (κ2) is 4.25. The van der Waals surface area contributed by atoms with Crippen LogP contribution in [-0.4, -0.2) is 5.54 Å². The van der Waals surface area contributed by atoms with Gasteiger partial charge < -0.3 is 5.73 Å². The molecule has 0 saturated heterocycles. The average molecular weight is 187 g/mol. The molecular formula is C13H17N. The summed E-state index contributed by atoms with van der Waals surface area (Å²) in [5.41, 5.74) is 7.85. The first kappa shape index (κ1) is 10.7. The molecule has 1 rings (SSSR count). The quantitative estimate of drug-likeness (QED) is 0.723. The van der Waals surface area contributed by atoms with Gasteiger partial charge in [-0.05, 0) is 25.0 Å². The molecule has 0 fully saturated rings. The first-order valence-electron chi connectivity index (χ1n) is 4.72. The molecule has 1 nitrogen and oxygen atoms in total. The van der Waals surface area contributed by atoms with Gasteiger partial charge in [0.25, 0.3) is 0 Å². The number of hydrogen-bond acceptors (Lipinski definition) is 1. The number of rotatable bonds is 3. The lowest BCUT2D eigenvalue weighted by Gasteiger charge is -2.15. The van der Waals surface area contributed by atoms with Gasteiger partial charge in [-0.15, -0.1) is 0 Å². The lowest BCUT2D eigenvalue weighted by atomic mass is 9.98. The molecule has 0 aliphatic carbocycles. The highest BCUT2D eigenvalue weighted by atomic mass is 14.7. The molecule has 0 spiro atoms. The fourth-order valence-corrected chi connectivity index (χ4v) is 1.29. The molecule has 1 aromatic rings. The highest BCUT2D eigenvalue weighted by molar-refractivity contribution is 5.74. The highest BCUT2D eigenvalue weighted by Crippen LogP contribution is 2.17. The SMILES string of the molecule is C=C/C(=C\C(C)(C)N)c1ccccc1. The largest absolute Gasteiger partial charge is 0.322 e. The van der Waals surface area contributed by atoms with Crippen molar-refractivity contribution in [2.24, 2.45) is 5.73 Å². The molecule has 0 aliphatic rings. The van der Waals surface area contributed by atoms with Crippen LogP contribution in [0.2, 0.25) is 0 Å².